The molecule has 6 nitrogen and oxygen atoms in total. The van der Waals surface area contributed by atoms with Gasteiger partial charge >= 0.3 is 0 Å². The molecule has 1 aromatic rings. The Balaban J connectivity index is 1.92. The second kappa shape index (κ2) is 11.4. The first-order valence-corrected chi connectivity index (χ1v) is 10.9. The Morgan fingerprint density at radius 1 is 1.24 bits per heavy atom. The molecule has 29 heavy (non-hydrogen) atoms. The molecule has 1 amide bonds. The predicted octanol–water partition coefficient (Wildman–Crippen LogP) is 3.19. The summed E-state index contributed by atoms with van der Waals surface area (Å²) in [6, 6.07) is 8.60. The molecule has 3 atom stereocenters. The van der Waals surface area contributed by atoms with E-state index in [2.05, 4.69) is 52.1 Å². The third-order valence-electron chi connectivity index (χ3n) is 5.38. The second-order valence-corrected chi connectivity index (χ2v) is 8.79. The molecule has 1 aliphatic carbocycles. The number of guanidine groups is 1. The van der Waals surface area contributed by atoms with Crippen LogP contribution in [0.5, 0.6) is 0 Å². The summed E-state index contributed by atoms with van der Waals surface area (Å²) in [5.41, 5.74) is 1.20. The van der Waals surface area contributed by atoms with Crippen LogP contribution in [0.4, 0.5) is 0 Å². The van der Waals surface area contributed by atoms with Gasteiger partial charge in [0.25, 0.3) is 0 Å². The highest BCUT2D eigenvalue weighted by molar-refractivity contribution is 6.30. The Morgan fingerprint density at radius 3 is 2.52 bits per heavy atom. The number of benzene rings is 1. The van der Waals surface area contributed by atoms with Gasteiger partial charge in [0, 0.05) is 36.6 Å². The van der Waals surface area contributed by atoms with Crippen LogP contribution in [0.25, 0.3) is 0 Å². The first kappa shape index (κ1) is 23.5. The van der Waals surface area contributed by atoms with E-state index in [1.165, 1.54) is 5.56 Å². The van der Waals surface area contributed by atoms with Crippen LogP contribution in [0.15, 0.2) is 29.3 Å². The molecule has 1 aromatic carbocycles. The Kier molecular flexibility index (Phi) is 9.24. The van der Waals surface area contributed by atoms with Gasteiger partial charge < -0.3 is 20.9 Å². The van der Waals surface area contributed by atoms with Gasteiger partial charge in [0.05, 0.1) is 6.04 Å². The van der Waals surface area contributed by atoms with Crippen molar-refractivity contribution in [3.05, 3.63) is 34.9 Å². The van der Waals surface area contributed by atoms with E-state index in [4.69, 9.17) is 11.6 Å². The third kappa shape index (κ3) is 7.52. The first-order valence-electron chi connectivity index (χ1n) is 10.5. The molecule has 7 heteroatoms. The van der Waals surface area contributed by atoms with Crippen molar-refractivity contribution in [1.29, 1.82) is 0 Å². The molecule has 3 unspecified atom stereocenters. The summed E-state index contributed by atoms with van der Waals surface area (Å²) < 4.78 is 0. The van der Waals surface area contributed by atoms with Gasteiger partial charge in [-0.3, -0.25) is 9.79 Å². The molecule has 1 fully saturated rings. The molecule has 0 heterocycles. The number of nitrogens with one attached hydrogen (secondary N) is 3. The van der Waals surface area contributed by atoms with Crippen molar-refractivity contribution in [2.45, 2.75) is 57.7 Å². The van der Waals surface area contributed by atoms with Crippen LogP contribution in [0, 0.1) is 5.92 Å². The van der Waals surface area contributed by atoms with Crippen LogP contribution in [-0.4, -0.2) is 56.5 Å². The predicted molar refractivity (Wildman–Crippen MR) is 121 cm³/mol. The van der Waals surface area contributed by atoms with E-state index < -0.39 is 0 Å². The van der Waals surface area contributed by atoms with E-state index in [-0.39, 0.29) is 30.0 Å². The van der Waals surface area contributed by atoms with Crippen molar-refractivity contribution in [3.8, 4) is 0 Å². The van der Waals surface area contributed by atoms with E-state index in [9.17, 15) is 4.79 Å². The SMILES string of the molecule is CN=C(NCC(c1ccc(Cl)cc1)N(C)C)NC1CCCC(C(=O)NC(C)C)C1. The number of amides is 1. The summed E-state index contributed by atoms with van der Waals surface area (Å²) in [5, 5.41) is 10.8. The van der Waals surface area contributed by atoms with E-state index in [1.54, 1.807) is 7.05 Å². The number of halogens is 1. The molecular weight excluding hydrogens is 386 g/mol. The van der Waals surface area contributed by atoms with Crippen LogP contribution < -0.4 is 16.0 Å². The molecule has 0 radical (unpaired) electrons. The molecule has 2 rings (SSSR count). The third-order valence-corrected chi connectivity index (χ3v) is 5.63. The van der Waals surface area contributed by atoms with E-state index >= 15 is 0 Å². The van der Waals surface area contributed by atoms with Gasteiger partial charge in [-0.1, -0.05) is 30.2 Å². The van der Waals surface area contributed by atoms with E-state index in [0.29, 0.717) is 0 Å². The number of carbonyl (C=O) groups is 1. The standard InChI is InChI=1S/C22H36ClN5O/c1-15(2)26-21(29)17-7-6-8-19(13-17)27-22(24-3)25-14-20(28(4)5)16-9-11-18(23)12-10-16/h9-12,15,17,19-20H,6-8,13-14H2,1-5H3,(H,26,29)(H2,24,25,27). The van der Waals surface area contributed by atoms with Gasteiger partial charge in [0.1, 0.15) is 0 Å². The lowest BCUT2D eigenvalue weighted by molar-refractivity contribution is -0.126. The molecule has 0 saturated heterocycles. The highest BCUT2D eigenvalue weighted by atomic mass is 35.5. The van der Waals surface area contributed by atoms with Crippen LogP contribution in [0.2, 0.25) is 5.02 Å². The molecular formula is C22H36ClN5O. The summed E-state index contributed by atoms with van der Waals surface area (Å²) in [5.74, 6) is 1.02. The van der Waals surface area contributed by atoms with Gasteiger partial charge in [0.2, 0.25) is 5.91 Å². The first-order chi connectivity index (χ1) is 13.8. The monoisotopic (exact) mass is 421 g/mol. The van der Waals surface area contributed by atoms with Crippen LogP contribution in [0.3, 0.4) is 0 Å². The fraction of sp³-hybridized carbons (Fsp3) is 0.636. The fourth-order valence-electron chi connectivity index (χ4n) is 3.83. The van der Waals surface area contributed by atoms with Crippen molar-refractivity contribution < 1.29 is 4.79 Å². The lowest BCUT2D eigenvalue weighted by Gasteiger charge is -2.31. The minimum Gasteiger partial charge on any atom is -0.354 e. The minimum atomic E-state index is 0.0744. The molecule has 3 N–H and O–H groups in total. The average molecular weight is 422 g/mol. The Bertz CT molecular complexity index is 674. The molecule has 162 valence electrons. The Labute approximate surface area is 180 Å². The van der Waals surface area contributed by atoms with Crippen LogP contribution >= 0.6 is 11.6 Å². The van der Waals surface area contributed by atoms with E-state index in [1.807, 2.05) is 26.0 Å². The Hall–Kier alpha value is -1.79. The summed E-state index contributed by atoms with van der Waals surface area (Å²) in [7, 11) is 5.92. The fourth-order valence-corrected chi connectivity index (χ4v) is 3.95. The number of carbonyl (C=O) groups excluding carboxylic acids is 1. The quantitative estimate of drug-likeness (QED) is 0.467. The summed E-state index contributed by atoms with van der Waals surface area (Å²) in [6.07, 6.45) is 3.91. The van der Waals surface area contributed by atoms with Crippen LogP contribution in [-0.2, 0) is 4.79 Å². The average Bonchev–Trinajstić information content (AvgIpc) is 2.68. The van der Waals surface area contributed by atoms with Crippen molar-refractivity contribution >= 4 is 23.5 Å². The number of hydrogen-bond acceptors (Lipinski definition) is 3. The molecule has 1 saturated carbocycles. The highest BCUT2D eigenvalue weighted by Crippen LogP contribution is 2.25. The maximum atomic E-state index is 12.4. The van der Waals surface area contributed by atoms with Crippen molar-refractivity contribution in [3.63, 3.8) is 0 Å². The van der Waals surface area contributed by atoms with E-state index in [0.717, 1.165) is 43.2 Å². The number of aliphatic imine (C=N–C) groups is 1. The Morgan fingerprint density at radius 2 is 1.93 bits per heavy atom. The normalized spacial score (nSPS) is 21.2. The zero-order valence-electron chi connectivity index (χ0n) is 18.3. The van der Waals surface area contributed by atoms with Gasteiger partial charge in [-0.2, -0.15) is 0 Å². The van der Waals surface area contributed by atoms with Crippen molar-refractivity contribution in [2.75, 3.05) is 27.7 Å². The lowest BCUT2D eigenvalue weighted by Crippen LogP contribution is -2.48. The van der Waals surface area contributed by atoms with Gasteiger partial charge in [-0.15, -0.1) is 0 Å². The number of likely N-dealkylation sites (N-methyl/N-ethyl adjacent to an activating group) is 1. The maximum absolute atomic E-state index is 12.4. The molecule has 0 aliphatic heterocycles. The largest absolute Gasteiger partial charge is 0.354 e. The molecule has 1 aliphatic rings. The minimum absolute atomic E-state index is 0.0744. The van der Waals surface area contributed by atoms with Gasteiger partial charge in [-0.25, -0.2) is 0 Å². The zero-order chi connectivity index (χ0) is 21.4. The van der Waals surface area contributed by atoms with Crippen molar-refractivity contribution in [1.82, 2.24) is 20.9 Å². The maximum Gasteiger partial charge on any atom is 0.223 e. The number of nitrogens with zero attached hydrogens (tertiary/aromatic N) is 2. The summed E-state index contributed by atoms with van der Waals surface area (Å²) in [6.45, 7) is 4.73. The second-order valence-electron chi connectivity index (χ2n) is 8.35. The summed E-state index contributed by atoms with van der Waals surface area (Å²) >= 11 is 6.03. The lowest BCUT2D eigenvalue weighted by atomic mass is 9.85. The summed E-state index contributed by atoms with van der Waals surface area (Å²) in [4.78, 5) is 19.0. The molecule has 0 bridgehead atoms. The van der Waals surface area contributed by atoms with Crippen LogP contribution in [0.1, 0.15) is 51.1 Å². The van der Waals surface area contributed by atoms with Gasteiger partial charge in [-0.05, 0) is 64.9 Å². The molecule has 0 aromatic heterocycles. The highest BCUT2D eigenvalue weighted by Gasteiger charge is 2.28. The topological polar surface area (TPSA) is 68.8 Å². The van der Waals surface area contributed by atoms with Gasteiger partial charge in [0.15, 0.2) is 5.96 Å². The van der Waals surface area contributed by atoms with Crippen molar-refractivity contribution in [2.24, 2.45) is 10.9 Å². The zero-order valence-corrected chi connectivity index (χ0v) is 19.1. The number of rotatable bonds is 7. The number of hydrogen-bond donors (Lipinski definition) is 3. The molecule has 0 spiro atoms. The smallest absolute Gasteiger partial charge is 0.223 e.